The lowest BCUT2D eigenvalue weighted by Crippen LogP contribution is -2.34. The van der Waals surface area contributed by atoms with Gasteiger partial charge in [-0.1, -0.05) is 13.0 Å². The zero-order chi connectivity index (χ0) is 12.3. The molecule has 0 aromatic heterocycles. The van der Waals surface area contributed by atoms with Crippen LogP contribution in [0.1, 0.15) is 30.9 Å². The van der Waals surface area contributed by atoms with Crippen molar-refractivity contribution in [3.05, 3.63) is 29.3 Å². The van der Waals surface area contributed by atoms with Crippen LogP contribution in [-0.2, 0) is 6.42 Å². The van der Waals surface area contributed by atoms with Gasteiger partial charge < -0.3 is 10.6 Å². The lowest BCUT2D eigenvalue weighted by atomic mass is 9.98. The van der Waals surface area contributed by atoms with Gasteiger partial charge in [-0.25, -0.2) is 0 Å². The second-order valence-electron chi connectivity index (χ2n) is 5.34. The van der Waals surface area contributed by atoms with E-state index >= 15 is 0 Å². The van der Waals surface area contributed by atoms with Crippen molar-refractivity contribution in [2.24, 2.45) is 11.7 Å². The number of anilines is 1. The Balaban J connectivity index is 2.13. The first-order chi connectivity index (χ1) is 8.20. The van der Waals surface area contributed by atoms with Crippen LogP contribution in [0.2, 0.25) is 0 Å². The molecular weight excluding hydrogens is 208 g/mol. The third-order valence-electron chi connectivity index (χ3n) is 3.76. The SMILES string of the molecule is Cc1cc(N2CCCC(C)C2)ccc1CCN. The summed E-state index contributed by atoms with van der Waals surface area (Å²) in [7, 11) is 0. The Morgan fingerprint density at radius 2 is 2.24 bits per heavy atom. The predicted octanol–water partition coefficient (Wildman–Crippen LogP) is 2.73. The fraction of sp³-hybridized carbons (Fsp3) is 0.600. The van der Waals surface area contributed by atoms with E-state index in [2.05, 4.69) is 36.9 Å². The lowest BCUT2D eigenvalue weighted by Gasteiger charge is -2.33. The van der Waals surface area contributed by atoms with Gasteiger partial charge in [0.2, 0.25) is 0 Å². The summed E-state index contributed by atoms with van der Waals surface area (Å²) >= 11 is 0. The third-order valence-corrected chi connectivity index (χ3v) is 3.76. The summed E-state index contributed by atoms with van der Waals surface area (Å²) < 4.78 is 0. The standard InChI is InChI=1S/C15H24N2/c1-12-4-3-9-17(11-12)15-6-5-14(7-8-16)13(2)10-15/h5-6,10,12H,3-4,7-9,11,16H2,1-2H3. The molecule has 1 unspecified atom stereocenters. The van der Waals surface area contributed by atoms with Crippen molar-refractivity contribution in [1.29, 1.82) is 0 Å². The first-order valence-corrected chi connectivity index (χ1v) is 6.75. The van der Waals surface area contributed by atoms with E-state index in [4.69, 9.17) is 5.73 Å². The molecule has 94 valence electrons. The molecule has 1 aliphatic heterocycles. The van der Waals surface area contributed by atoms with Crippen molar-refractivity contribution in [1.82, 2.24) is 0 Å². The van der Waals surface area contributed by atoms with Crippen molar-refractivity contribution in [3.63, 3.8) is 0 Å². The predicted molar refractivity (Wildman–Crippen MR) is 74.5 cm³/mol. The van der Waals surface area contributed by atoms with Crippen LogP contribution in [0.5, 0.6) is 0 Å². The van der Waals surface area contributed by atoms with E-state index in [1.807, 2.05) is 0 Å². The number of nitrogens with two attached hydrogens (primary N) is 1. The van der Waals surface area contributed by atoms with Crippen LogP contribution >= 0.6 is 0 Å². The van der Waals surface area contributed by atoms with Crippen molar-refractivity contribution < 1.29 is 0 Å². The van der Waals surface area contributed by atoms with Gasteiger partial charge in [-0.3, -0.25) is 0 Å². The number of piperidine rings is 1. The molecule has 0 saturated carbocycles. The smallest absolute Gasteiger partial charge is 0.0369 e. The summed E-state index contributed by atoms with van der Waals surface area (Å²) in [6.45, 7) is 7.69. The molecule has 0 amide bonds. The van der Waals surface area contributed by atoms with Gasteiger partial charge in [-0.15, -0.1) is 0 Å². The van der Waals surface area contributed by atoms with E-state index in [1.165, 1.54) is 42.7 Å². The molecule has 0 bridgehead atoms. The lowest BCUT2D eigenvalue weighted by molar-refractivity contribution is 0.447. The number of hydrogen-bond donors (Lipinski definition) is 1. The molecule has 2 heteroatoms. The van der Waals surface area contributed by atoms with Crippen molar-refractivity contribution in [2.45, 2.75) is 33.1 Å². The second kappa shape index (κ2) is 5.54. The van der Waals surface area contributed by atoms with Crippen molar-refractivity contribution >= 4 is 5.69 Å². The van der Waals surface area contributed by atoms with E-state index in [1.54, 1.807) is 0 Å². The van der Waals surface area contributed by atoms with Gasteiger partial charge in [0.1, 0.15) is 0 Å². The monoisotopic (exact) mass is 232 g/mol. The highest BCUT2D eigenvalue weighted by atomic mass is 15.1. The summed E-state index contributed by atoms with van der Waals surface area (Å²) in [5.41, 5.74) is 9.77. The number of aryl methyl sites for hydroxylation is 1. The fourth-order valence-electron chi connectivity index (χ4n) is 2.74. The number of benzene rings is 1. The summed E-state index contributed by atoms with van der Waals surface area (Å²) in [6.07, 6.45) is 3.69. The Hall–Kier alpha value is -1.02. The molecule has 1 aromatic rings. The molecule has 2 rings (SSSR count). The van der Waals surface area contributed by atoms with Gasteiger partial charge >= 0.3 is 0 Å². The Morgan fingerprint density at radius 1 is 1.41 bits per heavy atom. The molecule has 1 heterocycles. The van der Waals surface area contributed by atoms with E-state index in [9.17, 15) is 0 Å². The molecule has 1 fully saturated rings. The average molecular weight is 232 g/mol. The van der Waals surface area contributed by atoms with Gasteiger partial charge in [0.15, 0.2) is 0 Å². The second-order valence-corrected chi connectivity index (χ2v) is 5.34. The highest BCUT2D eigenvalue weighted by molar-refractivity contribution is 5.51. The Bertz CT molecular complexity index is 373. The van der Waals surface area contributed by atoms with Gasteiger partial charge in [0.05, 0.1) is 0 Å². The molecule has 2 N–H and O–H groups in total. The number of hydrogen-bond acceptors (Lipinski definition) is 2. The van der Waals surface area contributed by atoms with Gasteiger partial charge in [-0.05, 0) is 61.9 Å². The molecule has 1 aromatic carbocycles. The first-order valence-electron chi connectivity index (χ1n) is 6.75. The number of nitrogens with zero attached hydrogens (tertiary/aromatic N) is 1. The van der Waals surface area contributed by atoms with Crippen molar-refractivity contribution in [3.8, 4) is 0 Å². The zero-order valence-electron chi connectivity index (χ0n) is 11.1. The molecule has 0 radical (unpaired) electrons. The van der Waals surface area contributed by atoms with Crippen LogP contribution in [-0.4, -0.2) is 19.6 Å². The molecule has 2 nitrogen and oxygen atoms in total. The molecule has 1 saturated heterocycles. The van der Waals surface area contributed by atoms with E-state index in [-0.39, 0.29) is 0 Å². The first kappa shape index (κ1) is 12.4. The highest BCUT2D eigenvalue weighted by Gasteiger charge is 2.16. The Kier molecular flexibility index (Phi) is 4.06. The molecule has 17 heavy (non-hydrogen) atoms. The van der Waals surface area contributed by atoms with E-state index < -0.39 is 0 Å². The number of rotatable bonds is 3. The molecule has 1 aliphatic rings. The van der Waals surface area contributed by atoms with Crippen LogP contribution in [0.4, 0.5) is 5.69 Å². The molecule has 0 aliphatic carbocycles. The Labute approximate surface area is 105 Å². The largest absolute Gasteiger partial charge is 0.371 e. The minimum absolute atomic E-state index is 0.737. The third kappa shape index (κ3) is 3.01. The van der Waals surface area contributed by atoms with Crippen LogP contribution in [0.15, 0.2) is 18.2 Å². The topological polar surface area (TPSA) is 29.3 Å². The normalized spacial score (nSPS) is 20.6. The summed E-state index contributed by atoms with van der Waals surface area (Å²) in [4.78, 5) is 2.52. The summed E-state index contributed by atoms with van der Waals surface area (Å²) in [5.74, 6) is 0.827. The quantitative estimate of drug-likeness (QED) is 0.868. The molecule has 0 spiro atoms. The highest BCUT2D eigenvalue weighted by Crippen LogP contribution is 2.25. The van der Waals surface area contributed by atoms with Crippen LogP contribution in [0.25, 0.3) is 0 Å². The average Bonchev–Trinajstić information content (AvgIpc) is 2.32. The van der Waals surface area contributed by atoms with Crippen molar-refractivity contribution in [2.75, 3.05) is 24.5 Å². The maximum atomic E-state index is 5.62. The van der Waals surface area contributed by atoms with E-state index in [0.717, 1.165) is 18.9 Å². The zero-order valence-corrected chi connectivity index (χ0v) is 11.1. The fourth-order valence-corrected chi connectivity index (χ4v) is 2.74. The van der Waals surface area contributed by atoms with Crippen LogP contribution in [0.3, 0.4) is 0 Å². The Morgan fingerprint density at radius 3 is 2.88 bits per heavy atom. The molecule has 1 atom stereocenters. The van der Waals surface area contributed by atoms with Gasteiger partial charge in [-0.2, -0.15) is 0 Å². The minimum atomic E-state index is 0.737. The summed E-state index contributed by atoms with van der Waals surface area (Å²) in [6, 6.07) is 6.83. The molecular formula is C15H24N2. The van der Waals surface area contributed by atoms with Crippen LogP contribution < -0.4 is 10.6 Å². The summed E-state index contributed by atoms with van der Waals surface area (Å²) in [5, 5.41) is 0. The van der Waals surface area contributed by atoms with Crippen LogP contribution in [0, 0.1) is 12.8 Å². The van der Waals surface area contributed by atoms with Gasteiger partial charge in [0, 0.05) is 18.8 Å². The van der Waals surface area contributed by atoms with E-state index in [0.29, 0.717) is 0 Å². The van der Waals surface area contributed by atoms with Gasteiger partial charge in [0.25, 0.3) is 0 Å². The maximum Gasteiger partial charge on any atom is 0.0369 e. The maximum absolute atomic E-state index is 5.62. The minimum Gasteiger partial charge on any atom is -0.371 e.